The molecule has 1 aliphatic carbocycles. The molecular weight excluding hydrogens is 252 g/mol. The van der Waals surface area contributed by atoms with Crippen LogP contribution in [0.15, 0.2) is 18.5 Å². The van der Waals surface area contributed by atoms with E-state index in [1.807, 2.05) is 30.1 Å². The van der Waals surface area contributed by atoms with Gasteiger partial charge < -0.3 is 20.1 Å². The zero-order chi connectivity index (χ0) is 14.5. The van der Waals surface area contributed by atoms with E-state index in [9.17, 15) is 4.79 Å². The molecule has 20 heavy (non-hydrogen) atoms. The van der Waals surface area contributed by atoms with Gasteiger partial charge in [0, 0.05) is 38.1 Å². The second kappa shape index (κ2) is 6.79. The summed E-state index contributed by atoms with van der Waals surface area (Å²) in [6.45, 7) is 0.580. The molecule has 1 heterocycles. The first kappa shape index (κ1) is 14.9. The number of hydrogen-bond donors (Lipinski definition) is 2. The topological polar surface area (TPSA) is 49.3 Å². The molecule has 2 atom stereocenters. The maximum Gasteiger partial charge on any atom is 0.315 e. The highest BCUT2D eigenvalue weighted by atomic mass is 16.2. The summed E-state index contributed by atoms with van der Waals surface area (Å²) in [6.07, 6.45) is 8.55. The van der Waals surface area contributed by atoms with E-state index >= 15 is 0 Å². The van der Waals surface area contributed by atoms with E-state index in [1.165, 1.54) is 12.8 Å². The van der Waals surface area contributed by atoms with Crippen LogP contribution in [0, 0.1) is 0 Å². The average molecular weight is 278 g/mol. The van der Waals surface area contributed by atoms with E-state index in [0.717, 1.165) is 18.4 Å². The van der Waals surface area contributed by atoms with Crippen LogP contribution in [0.2, 0.25) is 0 Å². The molecule has 112 valence electrons. The first-order chi connectivity index (χ1) is 9.54. The van der Waals surface area contributed by atoms with Crippen LogP contribution in [0.4, 0.5) is 4.79 Å². The Morgan fingerprint density at radius 2 is 2.25 bits per heavy atom. The average Bonchev–Trinajstić information content (AvgIpc) is 2.82. The van der Waals surface area contributed by atoms with Gasteiger partial charge in [0.15, 0.2) is 0 Å². The van der Waals surface area contributed by atoms with Crippen LogP contribution in [-0.2, 0) is 13.6 Å². The molecule has 5 nitrogen and oxygen atoms in total. The number of rotatable bonds is 4. The summed E-state index contributed by atoms with van der Waals surface area (Å²) in [5.74, 6) is 0. The number of nitrogens with zero attached hydrogens (tertiary/aromatic N) is 2. The molecule has 2 N–H and O–H groups in total. The third-order valence-electron chi connectivity index (χ3n) is 4.06. The molecule has 0 radical (unpaired) electrons. The van der Waals surface area contributed by atoms with Gasteiger partial charge in [0.05, 0.1) is 0 Å². The van der Waals surface area contributed by atoms with E-state index in [4.69, 9.17) is 0 Å². The molecular formula is C15H26N4O. The maximum atomic E-state index is 11.9. The minimum absolute atomic E-state index is 0.0572. The van der Waals surface area contributed by atoms with Gasteiger partial charge >= 0.3 is 6.03 Å². The highest BCUT2D eigenvalue weighted by molar-refractivity contribution is 5.74. The molecule has 2 rings (SSSR count). The Balaban J connectivity index is 1.73. The molecule has 0 unspecified atom stereocenters. The summed E-state index contributed by atoms with van der Waals surface area (Å²) in [6, 6.07) is 2.84. The molecule has 0 aromatic carbocycles. The number of aromatic nitrogens is 1. The van der Waals surface area contributed by atoms with Gasteiger partial charge in [-0.2, -0.15) is 0 Å². The van der Waals surface area contributed by atoms with E-state index < -0.39 is 0 Å². The first-order valence-corrected chi connectivity index (χ1v) is 7.36. The zero-order valence-corrected chi connectivity index (χ0v) is 12.7. The summed E-state index contributed by atoms with van der Waals surface area (Å²) in [4.78, 5) is 14.2. The molecule has 1 aromatic heterocycles. The monoisotopic (exact) mass is 278 g/mol. The van der Waals surface area contributed by atoms with Crippen molar-refractivity contribution in [2.75, 3.05) is 14.1 Å². The van der Waals surface area contributed by atoms with Gasteiger partial charge in [0.25, 0.3) is 0 Å². The van der Waals surface area contributed by atoms with Crippen LogP contribution in [0.5, 0.6) is 0 Å². The van der Waals surface area contributed by atoms with Crippen molar-refractivity contribution in [3.63, 3.8) is 0 Å². The highest BCUT2D eigenvalue weighted by Crippen LogP contribution is 2.21. The Hall–Kier alpha value is -1.49. The fraction of sp³-hybridized carbons (Fsp3) is 0.667. The van der Waals surface area contributed by atoms with Crippen molar-refractivity contribution in [1.29, 1.82) is 0 Å². The summed E-state index contributed by atoms with van der Waals surface area (Å²) in [7, 11) is 6.21. The lowest BCUT2D eigenvalue weighted by molar-refractivity contribution is 0.193. The maximum absolute atomic E-state index is 11.9. The van der Waals surface area contributed by atoms with E-state index in [-0.39, 0.29) is 6.03 Å². The normalized spacial score (nSPS) is 22.8. The van der Waals surface area contributed by atoms with Crippen molar-refractivity contribution in [1.82, 2.24) is 20.1 Å². The van der Waals surface area contributed by atoms with Crippen LogP contribution >= 0.6 is 0 Å². The van der Waals surface area contributed by atoms with Crippen molar-refractivity contribution in [2.45, 2.75) is 44.3 Å². The van der Waals surface area contributed by atoms with Crippen molar-refractivity contribution in [3.05, 3.63) is 24.0 Å². The van der Waals surface area contributed by atoms with E-state index in [2.05, 4.69) is 29.6 Å². The minimum Gasteiger partial charge on any atom is -0.357 e. The summed E-state index contributed by atoms with van der Waals surface area (Å²) in [5.41, 5.74) is 1.12. The molecule has 0 spiro atoms. The Bertz CT molecular complexity index is 441. The summed E-state index contributed by atoms with van der Waals surface area (Å²) < 4.78 is 1.98. The van der Waals surface area contributed by atoms with Gasteiger partial charge in [-0.05, 0) is 51.4 Å². The molecule has 2 amide bonds. The Labute approximate surface area is 121 Å². The standard InChI is InChI=1S/C15H26N4O/c1-18(2)14-6-4-5-13(9-14)17-15(20)16-10-12-7-8-19(3)11-12/h7-8,11,13-14H,4-6,9-10H2,1-3H3,(H2,16,17,20)/t13-,14-/m1/s1. The predicted octanol–water partition coefficient (Wildman–Crippen LogP) is 1.70. The third kappa shape index (κ3) is 4.27. The lowest BCUT2D eigenvalue weighted by Gasteiger charge is -2.33. The van der Waals surface area contributed by atoms with Crippen molar-refractivity contribution in [2.24, 2.45) is 7.05 Å². The zero-order valence-electron chi connectivity index (χ0n) is 12.7. The lowest BCUT2D eigenvalue weighted by Crippen LogP contribution is -2.47. The Kier molecular flexibility index (Phi) is 5.06. The van der Waals surface area contributed by atoms with Gasteiger partial charge in [-0.15, -0.1) is 0 Å². The van der Waals surface area contributed by atoms with Crippen molar-refractivity contribution >= 4 is 6.03 Å². The second-order valence-corrected chi connectivity index (χ2v) is 5.99. The van der Waals surface area contributed by atoms with Crippen LogP contribution in [0.3, 0.4) is 0 Å². The van der Waals surface area contributed by atoms with Crippen LogP contribution in [0.1, 0.15) is 31.2 Å². The quantitative estimate of drug-likeness (QED) is 0.880. The first-order valence-electron chi connectivity index (χ1n) is 7.36. The molecule has 5 heteroatoms. The minimum atomic E-state index is -0.0572. The Morgan fingerprint density at radius 3 is 2.90 bits per heavy atom. The molecule has 1 aromatic rings. The van der Waals surface area contributed by atoms with Gasteiger partial charge in [-0.3, -0.25) is 0 Å². The highest BCUT2D eigenvalue weighted by Gasteiger charge is 2.24. The molecule has 0 aliphatic heterocycles. The molecule has 1 saturated carbocycles. The molecule has 1 fully saturated rings. The van der Waals surface area contributed by atoms with Crippen molar-refractivity contribution in [3.8, 4) is 0 Å². The number of hydrogen-bond acceptors (Lipinski definition) is 2. The fourth-order valence-electron chi connectivity index (χ4n) is 2.85. The lowest BCUT2D eigenvalue weighted by atomic mass is 9.90. The number of nitrogens with one attached hydrogen (secondary N) is 2. The van der Waals surface area contributed by atoms with Gasteiger partial charge in [-0.1, -0.05) is 0 Å². The van der Waals surface area contributed by atoms with Crippen LogP contribution in [0.25, 0.3) is 0 Å². The van der Waals surface area contributed by atoms with E-state index in [0.29, 0.717) is 18.6 Å². The number of amides is 2. The second-order valence-electron chi connectivity index (χ2n) is 5.99. The predicted molar refractivity (Wildman–Crippen MR) is 80.5 cm³/mol. The Morgan fingerprint density at radius 1 is 1.45 bits per heavy atom. The van der Waals surface area contributed by atoms with E-state index in [1.54, 1.807) is 0 Å². The fourth-order valence-corrected chi connectivity index (χ4v) is 2.85. The van der Waals surface area contributed by atoms with Gasteiger partial charge in [0.1, 0.15) is 0 Å². The summed E-state index contributed by atoms with van der Waals surface area (Å²) >= 11 is 0. The van der Waals surface area contributed by atoms with Crippen LogP contribution in [-0.4, -0.2) is 41.7 Å². The number of aryl methyl sites for hydroxylation is 1. The van der Waals surface area contributed by atoms with Gasteiger partial charge in [0.2, 0.25) is 0 Å². The number of carbonyl (C=O) groups excluding carboxylic acids is 1. The smallest absolute Gasteiger partial charge is 0.315 e. The van der Waals surface area contributed by atoms with Crippen molar-refractivity contribution < 1.29 is 4.79 Å². The van der Waals surface area contributed by atoms with Crippen LogP contribution < -0.4 is 10.6 Å². The third-order valence-corrected chi connectivity index (χ3v) is 4.06. The number of urea groups is 1. The summed E-state index contributed by atoms with van der Waals surface area (Å²) in [5, 5.41) is 6.02. The van der Waals surface area contributed by atoms with Gasteiger partial charge in [-0.25, -0.2) is 4.79 Å². The molecule has 0 bridgehead atoms. The SMILES string of the molecule is CN(C)[C@@H]1CCC[C@@H](NC(=O)NCc2ccn(C)c2)C1. The molecule has 0 saturated heterocycles. The number of carbonyl (C=O) groups is 1. The largest absolute Gasteiger partial charge is 0.357 e. The molecule has 1 aliphatic rings.